The molecule has 0 saturated carbocycles. The highest BCUT2D eigenvalue weighted by Crippen LogP contribution is 2.31. The van der Waals surface area contributed by atoms with E-state index in [1.807, 2.05) is 6.07 Å². The summed E-state index contributed by atoms with van der Waals surface area (Å²) in [6, 6.07) is 13.7. The van der Waals surface area contributed by atoms with Crippen molar-refractivity contribution in [3.8, 4) is 0 Å². The predicted octanol–water partition coefficient (Wildman–Crippen LogP) is 5.24. The van der Waals surface area contributed by atoms with E-state index >= 15 is 0 Å². The highest BCUT2D eigenvalue weighted by atomic mass is 79.9. The molecule has 0 aliphatic rings. The van der Waals surface area contributed by atoms with Crippen molar-refractivity contribution in [2.24, 2.45) is 0 Å². The lowest BCUT2D eigenvalue weighted by Crippen LogP contribution is -2.22. The highest BCUT2D eigenvalue weighted by molar-refractivity contribution is 9.10. The van der Waals surface area contributed by atoms with Crippen LogP contribution in [0.3, 0.4) is 0 Å². The van der Waals surface area contributed by atoms with Crippen LogP contribution in [0.5, 0.6) is 0 Å². The van der Waals surface area contributed by atoms with Crippen molar-refractivity contribution in [1.82, 2.24) is 5.32 Å². The van der Waals surface area contributed by atoms with Crippen LogP contribution in [-0.2, 0) is 6.42 Å². The van der Waals surface area contributed by atoms with E-state index in [0.29, 0.717) is 4.47 Å². The Hall–Kier alpha value is -1.19. The van der Waals surface area contributed by atoms with Crippen molar-refractivity contribution < 1.29 is 4.39 Å². The molecule has 0 amide bonds. The van der Waals surface area contributed by atoms with Crippen LogP contribution in [0.4, 0.5) is 4.39 Å². The lowest BCUT2D eigenvalue weighted by atomic mass is 9.96. The number of rotatable bonds is 6. The molecule has 112 valence electrons. The lowest BCUT2D eigenvalue weighted by molar-refractivity contribution is 0.595. The number of halogens is 2. The molecule has 0 fully saturated rings. The topological polar surface area (TPSA) is 12.0 Å². The average Bonchev–Trinajstić information content (AvgIpc) is 2.49. The van der Waals surface area contributed by atoms with Gasteiger partial charge < -0.3 is 5.32 Å². The first-order valence-corrected chi connectivity index (χ1v) is 8.22. The van der Waals surface area contributed by atoms with Crippen LogP contribution in [0.1, 0.15) is 43.0 Å². The van der Waals surface area contributed by atoms with E-state index in [1.165, 1.54) is 17.2 Å². The SMILES string of the molecule is CCCc1cccc(C(NCC)c2cccc(F)c2Br)c1. The molecular formula is C18H21BrFN. The minimum Gasteiger partial charge on any atom is -0.306 e. The van der Waals surface area contributed by atoms with Crippen LogP contribution in [0.15, 0.2) is 46.9 Å². The van der Waals surface area contributed by atoms with Crippen molar-refractivity contribution in [1.29, 1.82) is 0 Å². The van der Waals surface area contributed by atoms with Gasteiger partial charge in [-0.2, -0.15) is 0 Å². The van der Waals surface area contributed by atoms with Crippen molar-refractivity contribution in [3.63, 3.8) is 0 Å². The fraction of sp³-hybridized carbons (Fsp3) is 0.333. The van der Waals surface area contributed by atoms with Gasteiger partial charge in [-0.25, -0.2) is 4.39 Å². The van der Waals surface area contributed by atoms with Gasteiger partial charge >= 0.3 is 0 Å². The molecule has 0 aliphatic carbocycles. The van der Waals surface area contributed by atoms with Gasteiger partial charge in [0, 0.05) is 0 Å². The van der Waals surface area contributed by atoms with Crippen LogP contribution < -0.4 is 5.32 Å². The Morgan fingerprint density at radius 2 is 1.90 bits per heavy atom. The number of aryl methyl sites for hydroxylation is 1. The van der Waals surface area contributed by atoms with Crippen molar-refractivity contribution >= 4 is 15.9 Å². The summed E-state index contributed by atoms with van der Waals surface area (Å²) < 4.78 is 14.4. The molecule has 3 heteroatoms. The lowest BCUT2D eigenvalue weighted by Gasteiger charge is -2.21. The van der Waals surface area contributed by atoms with E-state index in [2.05, 4.69) is 59.4 Å². The van der Waals surface area contributed by atoms with Crippen LogP contribution in [-0.4, -0.2) is 6.54 Å². The van der Waals surface area contributed by atoms with Gasteiger partial charge in [0.15, 0.2) is 0 Å². The molecule has 0 spiro atoms. The second-order valence-electron chi connectivity index (χ2n) is 5.13. The van der Waals surface area contributed by atoms with Crippen molar-refractivity contribution in [2.75, 3.05) is 6.54 Å². The van der Waals surface area contributed by atoms with E-state index in [-0.39, 0.29) is 11.9 Å². The highest BCUT2D eigenvalue weighted by Gasteiger charge is 2.17. The molecule has 2 rings (SSSR count). The maximum absolute atomic E-state index is 13.8. The molecule has 1 nitrogen and oxygen atoms in total. The van der Waals surface area contributed by atoms with Gasteiger partial charge in [-0.1, -0.05) is 56.7 Å². The van der Waals surface area contributed by atoms with Gasteiger partial charge in [0.05, 0.1) is 10.5 Å². The predicted molar refractivity (Wildman–Crippen MR) is 90.1 cm³/mol. The van der Waals surface area contributed by atoms with Crippen LogP contribution in [0.2, 0.25) is 0 Å². The molecule has 0 aliphatic heterocycles. The second kappa shape index (κ2) is 7.71. The zero-order chi connectivity index (χ0) is 15.2. The van der Waals surface area contributed by atoms with Crippen LogP contribution in [0, 0.1) is 5.82 Å². The second-order valence-corrected chi connectivity index (χ2v) is 5.92. The molecule has 2 aromatic carbocycles. The smallest absolute Gasteiger partial charge is 0.137 e. The first-order valence-electron chi connectivity index (χ1n) is 7.43. The first kappa shape index (κ1) is 16.2. The van der Waals surface area contributed by atoms with Gasteiger partial charge in [0.25, 0.3) is 0 Å². The van der Waals surface area contributed by atoms with E-state index in [1.54, 1.807) is 6.07 Å². The summed E-state index contributed by atoms with van der Waals surface area (Å²) in [5.41, 5.74) is 3.44. The summed E-state index contributed by atoms with van der Waals surface area (Å²) in [7, 11) is 0. The Morgan fingerprint density at radius 3 is 2.62 bits per heavy atom. The van der Waals surface area contributed by atoms with E-state index in [4.69, 9.17) is 0 Å². The minimum atomic E-state index is -0.222. The average molecular weight is 350 g/mol. The normalized spacial score (nSPS) is 12.4. The van der Waals surface area contributed by atoms with Gasteiger partial charge in [0.2, 0.25) is 0 Å². The van der Waals surface area contributed by atoms with E-state index in [0.717, 1.165) is 24.9 Å². The van der Waals surface area contributed by atoms with Crippen LogP contribution >= 0.6 is 15.9 Å². The Bertz CT molecular complexity index is 598. The molecule has 2 aromatic rings. The maximum Gasteiger partial charge on any atom is 0.137 e. The quantitative estimate of drug-likeness (QED) is 0.751. The molecule has 1 atom stereocenters. The molecule has 1 N–H and O–H groups in total. The van der Waals surface area contributed by atoms with Crippen molar-refractivity contribution in [3.05, 3.63) is 69.4 Å². The summed E-state index contributed by atoms with van der Waals surface area (Å²) in [5, 5.41) is 3.46. The standard InChI is InChI=1S/C18H21BrFN/c1-3-7-13-8-5-9-14(12-13)18(21-4-2)15-10-6-11-16(20)17(15)19/h5-6,8-12,18,21H,3-4,7H2,1-2H3. The molecule has 0 aromatic heterocycles. The van der Waals surface area contributed by atoms with Gasteiger partial charge in [-0.15, -0.1) is 0 Å². The number of benzene rings is 2. The molecular weight excluding hydrogens is 329 g/mol. The molecule has 0 heterocycles. The largest absolute Gasteiger partial charge is 0.306 e. The number of hydrogen-bond donors (Lipinski definition) is 1. The molecule has 0 bridgehead atoms. The summed E-state index contributed by atoms with van der Waals surface area (Å²) in [4.78, 5) is 0. The Kier molecular flexibility index (Phi) is 5.95. The third-order valence-electron chi connectivity index (χ3n) is 3.52. The molecule has 21 heavy (non-hydrogen) atoms. The summed E-state index contributed by atoms with van der Waals surface area (Å²) >= 11 is 3.38. The fourth-order valence-electron chi connectivity index (χ4n) is 2.57. The number of nitrogens with one attached hydrogen (secondary N) is 1. The van der Waals surface area contributed by atoms with Crippen LogP contribution in [0.25, 0.3) is 0 Å². The van der Waals surface area contributed by atoms with E-state index < -0.39 is 0 Å². The maximum atomic E-state index is 13.8. The van der Waals surface area contributed by atoms with Gasteiger partial charge in [-0.3, -0.25) is 0 Å². The Balaban J connectivity index is 2.43. The van der Waals surface area contributed by atoms with Gasteiger partial charge in [-0.05, 0) is 51.7 Å². The molecule has 1 unspecified atom stereocenters. The Morgan fingerprint density at radius 1 is 1.14 bits per heavy atom. The summed E-state index contributed by atoms with van der Waals surface area (Å²) in [6.07, 6.45) is 2.19. The minimum absolute atomic E-state index is 0.00289. The summed E-state index contributed by atoms with van der Waals surface area (Å²) in [5.74, 6) is -0.222. The molecule has 0 saturated heterocycles. The third kappa shape index (κ3) is 3.92. The van der Waals surface area contributed by atoms with E-state index in [9.17, 15) is 4.39 Å². The van der Waals surface area contributed by atoms with Gasteiger partial charge in [0.1, 0.15) is 5.82 Å². The summed E-state index contributed by atoms with van der Waals surface area (Å²) in [6.45, 7) is 5.07. The zero-order valence-electron chi connectivity index (χ0n) is 12.5. The number of hydrogen-bond acceptors (Lipinski definition) is 1. The fourth-order valence-corrected chi connectivity index (χ4v) is 3.07. The third-order valence-corrected chi connectivity index (χ3v) is 4.36. The van der Waals surface area contributed by atoms with Crippen molar-refractivity contribution in [2.45, 2.75) is 32.7 Å². The molecule has 0 radical (unpaired) electrons. The monoisotopic (exact) mass is 349 g/mol. The first-order chi connectivity index (χ1) is 10.2. The zero-order valence-corrected chi connectivity index (χ0v) is 14.1. The Labute approximate surface area is 134 Å².